The molecule has 3 aromatic rings. The fourth-order valence-corrected chi connectivity index (χ4v) is 2.32. The number of carbonyl (C=O) groups is 1. The van der Waals surface area contributed by atoms with Crippen molar-refractivity contribution in [3.63, 3.8) is 0 Å². The molecule has 1 N–H and O–H groups in total. The van der Waals surface area contributed by atoms with E-state index in [1.54, 1.807) is 38.3 Å². The van der Waals surface area contributed by atoms with Crippen LogP contribution in [0, 0.1) is 12.7 Å². The number of halogens is 1. The number of amides is 1. The molecule has 6 nitrogen and oxygen atoms in total. The number of nitrogens with one attached hydrogen (secondary N) is 1. The lowest BCUT2D eigenvalue weighted by Crippen LogP contribution is -2.15. The van der Waals surface area contributed by atoms with Gasteiger partial charge in [0, 0.05) is 0 Å². The number of ether oxygens (including phenoxy) is 1. The smallest absolute Gasteiger partial charge is 0.278 e. The van der Waals surface area contributed by atoms with Crippen molar-refractivity contribution in [3.05, 3.63) is 65.7 Å². The summed E-state index contributed by atoms with van der Waals surface area (Å²) in [5, 5.41) is 10.4. The van der Waals surface area contributed by atoms with Crippen molar-refractivity contribution in [1.29, 1.82) is 0 Å². The number of carbonyl (C=O) groups excluding carboxylic acids is 1. The van der Waals surface area contributed by atoms with Gasteiger partial charge >= 0.3 is 0 Å². The first-order chi connectivity index (χ1) is 11.6. The van der Waals surface area contributed by atoms with E-state index in [0.29, 0.717) is 17.1 Å². The molecule has 0 bridgehead atoms. The Labute approximate surface area is 137 Å². The summed E-state index contributed by atoms with van der Waals surface area (Å²) in [5.74, 6) is -0.439. The van der Waals surface area contributed by atoms with Gasteiger partial charge in [0.1, 0.15) is 17.3 Å². The number of rotatable bonds is 4. The number of hydrogen-bond acceptors (Lipinski definition) is 4. The molecule has 24 heavy (non-hydrogen) atoms. The molecule has 0 aliphatic rings. The first kappa shape index (κ1) is 15.7. The van der Waals surface area contributed by atoms with Crippen molar-refractivity contribution in [2.24, 2.45) is 0 Å². The van der Waals surface area contributed by atoms with Crippen LogP contribution in [0.15, 0.2) is 48.5 Å². The minimum atomic E-state index is -0.529. The summed E-state index contributed by atoms with van der Waals surface area (Å²) in [7, 11) is 1.55. The third kappa shape index (κ3) is 2.83. The Kier molecular flexibility index (Phi) is 4.24. The van der Waals surface area contributed by atoms with Gasteiger partial charge in [-0.1, -0.05) is 29.5 Å². The van der Waals surface area contributed by atoms with Gasteiger partial charge in [0.2, 0.25) is 0 Å². The van der Waals surface area contributed by atoms with Gasteiger partial charge < -0.3 is 10.1 Å². The van der Waals surface area contributed by atoms with Gasteiger partial charge in [-0.2, -0.15) is 0 Å². The summed E-state index contributed by atoms with van der Waals surface area (Å²) in [6.07, 6.45) is 0. The third-order valence-corrected chi connectivity index (χ3v) is 3.55. The summed E-state index contributed by atoms with van der Waals surface area (Å²) in [4.78, 5) is 12.4. The summed E-state index contributed by atoms with van der Waals surface area (Å²) in [6, 6.07) is 13.2. The zero-order chi connectivity index (χ0) is 17.1. The fraction of sp³-hybridized carbons (Fsp3) is 0.118. The van der Waals surface area contributed by atoms with Crippen LogP contribution in [0.5, 0.6) is 5.75 Å². The Morgan fingerprint density at radius 3 is 2.62 bits per heavy atom. The molecule has 0 unspecified atom stereocenters. The van der Waals surface area contributed by atoms with Gasteiger partial charge in [0.25, 0.3) is 5.91 Å². The minimum Gasteiger partial charge on any atom is -0.494 e. The normalized spacial score (nSPS) is 10.5. The van der Waals surface area contributed by atoms with E-state index in [2.05, 4.69) is 15.6 Å². The summed E-state index contributed by atoms with van der Waals surface area (Å²) in [5.41, 5.74) is 1.39. The van der Waals surface area contributed by atoms with E-state index >= 15 is 0 Å². The number of benzene rings is 2. The molecule has 1 aromatic heterocycles. The molecule has 0 fully saturated rings. The van der Waals surface area contributed by atoms with Gasteiger partial charge in [-0.15, -0.1) is 5.10 Å². The maximum atomic E-state index is 13.7. The predicted molar refractivity (Wildman–Crippen MR) is 87.0 cm³/mol. The summed E-state index contributed by atoms with van der Waals surface area (Å²) >= 11 is 0. The van der Waals surface area contributed by atoms with E-state index in [1.807, 2.05) is 12.1 Å². The third-order valence-electron chi connectivity index (χ3n) is 3.55. The van der Waals surface area contributed by atoms with Crippen LogP contribution in [0.4, 0.5) is 10.1 Å². The molecule has 0 spiro atoms. The number of nitrogens with zero attached hydrogens (tertiary/aromatic N) is 3. The first-order valence-corrected chi connectivity index (χ1v) is 7.23. The molecule has 0 aliphatic carbocycles. The molecule has 0 radical (unpaired) electrons. The van der Waals surface area contributed by atoms with Crippen molar-refractivity contribution < 1.29 is 13.9 Å². The molecular weight excluding hydrogens is 311 g/mol. The lowest BCUT2D eigenvalue weighted by Gasteiger charge is -2.09. The predicted octanol–water partition coefficient (Wildman–Crippen LogP) is 2.98. The Bertz CT molecular complexity index is 892. The van der Waals surface area contributed by atoms with E-state index < -0.39 is 11.7 Å². The second-order valence-corrected chi connectivity index (χ2v) is 5.04. The SMILES string of the molecule is COc1ccccc1-n1nnc(C(=O)Nc2ccccc2F)c1C. The van der Waals surface area contributed by atoms with Crippen LogP contribution >= 0.6 is 0 Å². The highest BCUT2D eigenvalue weighted by Crippen LogP contribution is 2.23. The quantitative estimate of drug-likeness (QED) is 0.800. The Morgan fingerprint density at radius 2 is 1.88 bits per heavy atom. The monoisotopic (exact) mass is 326 g/mol. The zero-order valence-corrected chi connectivity index (χ0v) is 13.2. The van der Waals surface area contributed by atoms with Gasteiger partial charge in [-0.05, 0) is 31.2 Å². The van der Waals surface area contributed by atoms with Gasteiger partial charge in [-0.25, -0.2) is 9.07 Å². The van der Waals surface area contributed by atoms with E-state index in [0.717, 1.165) is 0 Å². The maximum Gasteiger partial charge on any atom is 0.278 e. The first-order valence-electron chi connectivity index (χ1n) is 7.23. The molecule has 0 saturated carbocycles. The van der Waals surface area contributed by atoms with Crippen LogP contribution in [-0.2, 0) is 0 Å². The van der Waals surface area contributed by atoms with Crippen molar-refractivity contribution in [2.45, 2.75) is 6.92 Å². The van der Waals surface area contributed by atoms with Gasteiger partial charge in [0.05, 0.1) is 18.5 Å². The van der Waals surface area contributed by atoms with Gasteiger partial charge in [0.15, 0.2) is 5.69 Å². The molecule has 0 saturated heterocycles. The fourth-order valence-electron chi connectivity index (χ4n) is 2.32. The van der Waals surface area contributed by atoms with Gasteiger partial charge in [-0.3, -0.25) is 4.79 Å². The van der Waals surface area contributed by atoms with E-state index in [9.17, 15) is 9.18 Å². The van der Waals surface area contributed by atoms with E-state index in [1.165, 1.54) is 16.8 Å². The molecule has 7 heteroatoms. The van der Waals surface area contributed by atoms with E-state index in [4.69, 9.17) is 4.74 Å². The second kappa shape index (κ2) is 6.49. The lowest BCUT2D eigenvalue weighted by molar-refractivity contribution is 0.102. The van der Waals surface area contributed by atoms with Crippen LogP contribution in [0.2, 0.25) is 0 Å². The number of methoxy groups -OCH3 is 1. The molecule has 0 atom stereocenters. The number of anilines is 1. The topological polar surface area (TPSA) is 69.0 Å². The Morgan fingerprint density at radius 1 is 1.17 bits per heavy atom. The van der Waals surface area contributed by atoms with Crippen LogP contribution in [-0.4, -0.2) is 28.0 Å². The number of aromatic nitrogens is 3. The highest BCUT2D eigenvalue weighted by Gasteiger charge is 2.19. The number of para-hydroxylation sites is 3. The molecule has 0 aliphatic heterocycles. The molecule has 3 rings (SSSR count). The Hall–Kier alpha value is -3.22. The van der Waals surface area contributed by atoms with E-state index in [-0.39, 0.29) is 11.4 Å². The van der Waals surface area contributed by atoms with Crippen LogP contribution < -0.4 is 10.1 Å². The average Bonchev–Trinajstić information content (AvgIpc) is 2.98. The average molecular weight is 326 g/mol. The Balaban J connectivity index is 1.93. The largest absolute Gasteiger partial charge is 0.494 e. The molecule has 2 aromatic carbocycles. The standard InChI is InChI=1S/C17H15FN4O2/c1-11-16(17(23)19-13-8-4-3-7-12(13)18)20-21-22(11)14-9-5-6-10-15(14)24-2/h3-10H,1-2H3,(H,19,23). The lowest BCUT2D eigenvalue weighted by atomic mass is 10.2. The van der Waals surface area contributed by atoms with Crippen LogP contribution in [0.1, 0.15) is 16.2 Å². The highest BCUT2D eigenvalue weighted by molar-refractivity contribution is 6.03. The molecule has 122 valence electrons. The maximum absolute atomic E-state index is 13.7. The van der Waals surface area contributed by atoms with Crippen molar-refractivity contribution in [1.82, 2.24) is 15.0 Å². The summed E-state index contributed by atoms with van der Waals surface area (Å²) in [6.45, 7) is 1.71. The zero-order valence-electron chi connectivity index (χ0n) is 13.2. The van der Waals surface area contributed by atoms with Crippen molar-refractivity contribution in [3.8, 4) is 11.4 Å². The van der Waals surface area contributed by atoms with Crippen molar-refractivity contribution >= 4 is 11.6 Å². The summed E-state index contributed by atoms with van der Waals surface area (Å²) < 4.78 is 20.5. The van der Waals surface area contributed by atoms with Crippen LogP contribution in [0.3, 0.4) is 0 Å². The molecular formula is C17H15FN4O2. The molecule has 1 amide bonds. The second-order valence-electron chi connectivity index (χ2n) is 5.04. The van der Waals surface area contributed by atoms with Crippen molar-refractivity contribution in [2.75, 3.05) is 12.4 Å². The molecule has 1 heterocycles. The highest BCUT2D eigenvalue weighted by atomic mass is 19.1. The number of hydrogen-bond donors (Lipinski definition) is 1. The van der Waals surface area contributed by atoms with Crippen LogP contribution in [0.25, 0.3) is 5.69 Å². The minimum absolute atomic E-state index is 0.0914.